The molecule has 188 valence electrons. The van der Waals surface area contributed by atoms with Gasteiger partial charge in [-0.1, -0.05) is 61.9 Å². The summed E-state index contributed by atoms with van der Waals surface area (Å²) in [6, 6.07) is 24.5. The molecule has 1 saturated heterocycles. The van der Waals surface area contributed by atoms with E-state index in [-0.39, 0.29) is 11.9 Å². The van der Waals surface area contributed by atoms with Gasteiger partial charge in [0.2, 0.25) is 0 Å². The van der Waals surface area contributed by atoms with Crippen molar-refractivity contribution in [3.05, 3.63) is 102 Å². The second kappa shape index (κ2) is 11.0. The number of unbranched alkanes of at least 4 members (excludes halogenated alkanes) is 1. The molecular weight excluding hydrogens is 458 g/mol. The Labute approximate surface area is 218 Å². The number of nitriles is 1. The van der Waals surface area contributed by atoms with Gasteiger partial charge in [-0.05, 0) is 41.0 Å². The van der Waals surface area contributed by atoms with E-state index in [9.17, 15) is 10.1 Å². The van der Waals surface area contributed by atoms with Crippen LogP contribution in [0.1, 0.15) is 53.0 Å². The van der Waals surface area contributed by atoms with E-state index in [0.29, 0.717) is 5.56 Å². The second-order valence-electron chi connectivity index (χ2n) is 10.1. The summed E-state index contributed by atoms with van der Waals surface area (Å²) in [5.41, 5.74) is 3.81. The molecule has 4 aromatic rings. The monoisotopic (exact) mass is 492 g/mol. The van der Waals surface area contributed by atoms with Gasteiger partial charge >= 0.3 is 0 Å². The molecule has 6 nitrogen and oxygen atoms in total. The third kappa shape index (κ3) is 5.14. The molecule has 1 fully saturated rings. The number of carbonyl (C=O) groups is 1. The van der Waals surface area contributed by atoms with Gasteiger partial charge in [0.1, 0.15) is 6.04 Å². The number of H-pyrrole nitrogens is 1. The standard InChI is InChI=1S/C31H34N5O/c1-2-3-17-36(30(29-22-33-23-34-29)20-24-11-13-25(21-32)14-12-24)18-15-35(16-19-36)31(37)28-10-6-8-26-7-4-5-9-27(26)28/h4-14,22-23,30H,2-3,15-20H2,1H3,(H,33,34)/q+1. The number of rotatable bonds is 8. The van der Waals surface area contributed by atoms with Crippen molar-refractivity contribution in [1.29, 1.82) is 5.26 Å². The van der Waals surface area contributed by atoms with Crippen molar-refractivity contribution in [3.63, 3.8) is 0 Å². The minimum absolute atomic E-state index is 0.121. The normalized spacial score (nSPS) is 15.8. The van der Waals surface area contributed by atoms with Crippen molar-refractivity contribution in [2.45, 2.75) is 32.2 Å². The van der Waals surface area contributed by atoms with Gasteiger partial charge in [0.25, 0.3) is 5.91 Å². The highest BCUT2D eigenvalue weighted by Gasteiger charge is 2.42. The first kappa shape index (κ1) is 24.7. The molecule has 1 aliphatic heterocycles. The summed E-state index contributed by atoms with van der Waals surface area (Å²) in [5.74, 6) is 0.121. The fourth-order valence-corrected chi connectivity index (χ4v) is 5.80. The third-order valence-electron chi connectivity index (χ3n) is 7.95. The zero-order valence-corrected chi connectivity index (χ0v) is 21.4. The number of fused-ring (bicyclic) bond motifs is 1. The topological polar surface area (TPSA) is 72.8 Å². The van der Waals surface area contributed by atoms with Gasteiger partial charge in [0.05, 0.1) is 62.6 Å². The number of aromatic nitrogens is 2. The Morgan fingerprint density at radius 3 is 2.54 bits per heavy atom. The molecule has 5 rings (SSSR count). The van der Waals surface area contributed by atoms with E-state index in [0.717, 1.165) is 78.5 Å². The summed E-state index contributed by atoms with van der Waals surface area (Å²) in [7, 11) is 0. The van der Waals surface area contributed by atoms with Crippen molar-refractivity contribution < 1.29 is 9.28 Å². The number of hydrogen-bond donors (Lipinski definition) is 1. The first-order valence-electron chi connectivity index (χ1n) is 13.2. The van der Waals surface area contributed by atoms with Gasteiger partial charge in [0, 0.05) is 12.0 Å². The molecule has 1 aliphatic rings. The summed E-state index contributed by atoms with van der Waals surface area (Å²) in [6.45, 7) is 6.55. The first-order valence-corrected chi connectivity index (χ1v) is 13.2. The lowest BCUT2D eigenvalue weighted by atomic mass is 9.96. The lowest BCUT2D eigenvalue weighted by Gasteiger charge is -2.49. The number of quaternary nitrogens is 1. The molecule has 2 heterocycles. The van der Waals surface area contributed by atoms with Crippen LogP contribution < -0.4 is 0 Å². The third-order valence-corrected chi connectivity index (χ3v) is 7.95. The molecular formula is C31H34N5O+. The molecule has 0 aliphatic carbocycles. The highest BCUT2D eigenvalue weighted by atomic mass is 16.2. The Balaban J connectivity index is 1.41. The number of aromatic amines is 1. The molecule has 3 aromatic carbocycles. The van der Waals surface area contributed by atoms with Gasteiger partial charge in [-0.15, -0.1) is 0 Å². The van der Waals surface area contributed by atoms with Crippen LogP contribution in [0.2, 0.25) is 0 Å². The predicted molar refractivity (Wildman–Crippen MR) is 146 cm³/mol. The van der Waals surface area contributed by atoms with Crippen LogP contribution in [0, 0.1) is 11.3 Å². The van der Waals surface area contributed by atoms with Crippen LogP contribution in [0.25, 0.3) is 10.8 Å². The van der Waals surface area contributed by atoms with Crippen LogP contribution in [-0.2, 0) is 6.42 Å². The molecule has 0 radical (unpaired) electrons. The summed E-state index contributed by atoms with van der Waals surface area (Å²) in [6.07, 6.45) is 6.83. The number of carbonyl (C=O) groups excluding carboxylic acids is 1. The number of imidazole rings is 1. The SMILES string of the molecule is CCCC[N+]1(C(Cc2ccc(C#N)cc2)c2cnc[nH]2)CCN(C(=O)c2cccc3ccccc23)CC1. The van der Waals surface area contributed by atoms with Gasteiger partial charge in [-0.3, -0.25) is 4.79 Å². The fourth-order valence-electron chi connectivity index (χ4n) is 5.80. The van der Waals surface area contributed by atoms with Gasteiger partial charge < -0.3 is 14.4 Å². The van der Waals surface area contributed by atoms with Gasteiger partial charge in [-0.25, -0.2) is 4.98 Å². The van der Waals surface area contributed by atoms with E-state index in [1.165, 1.54) is 5.56 Å². The number of amides is 1. The van der Waals surface area contributed by atoms with Crippen molar-refractivity contribution in [2.24, 2.45) is 0 Å². The molecule has 1 amide bonds. The van der Waals surface area contributed by atoms with E-state index in [2.05, 4.69) is 47.2 Å². The molecule has 0 saturated carbocycles. The zero-order chi connectivity index (χ0) is 25.7. The number of benzene rings is 3. The Morgan fingerprint density at radius 1 is 1.08 bits per heavy atom. The number of hydrogen-bond acceptors (Lipinski definition) is 3. The van der Waals surface area contributed by atoms with Crippen LogP contribution in [0.4, 0.5) is 0 Å². The van der Waals surface area contributed by atoms with E-state index >= 15 is 0 Å². The van der Waals surface area contributed by atoms with E-state index in [1.54, 1.807) is 6.33 Å². The zero-order valence-electron chi connectivity index (χ0n) is 21.4. The minimum atomic E-state index is 0.121. The minimum Gasteiger partial charge on any atom is -0.344 e. The van der Waals surface area contributed by atoms with Crippen molar-refractivity contribution in [1.82, 2.24) is 14.9 Å². The van der Waals surface area contributed by atoms with Crippen molar-refractivity contribution in [2.75, 3.05) is 32.7 Å². The highest BCUT2D eigenvalue weighted by molar-refractivity contribution is 6.07. The Hall–Kier alpha value is -3.95. The molecule has 1 aromatic heterocycles. The Kier molecular flexibility index (Phi) is 7.34. The second-order valence-corrected chi connectivity index (χ2v) is 10.1. The molecule has 1 N–H and O–H groups in total. The van der Waals surface area contributed by atoms with Crippen LogP contribution in [0.5, 0.6) is 0 Å². The molecule has 0 spiro atoms. The van der Waals surface area contributed by atoms with E-state index in [1.807, 2.05) is 53.6 Å². The summed E-state index contributed by atoms with van der Waals surface area (Å²) < 4.78 is 0.926. The molecule has 1 atom stereocenters. The summed E-state index contributed by atoms with van der Waals surface area (Å²) in [5, 5.41) is 11.3. The smallest absolute Gasteiger partial charge is 0.254 e. The maximum absolute atomic E-state index is 13.7. The quantitative estimate of drug-likeness (QED) is 0.331. The van der Waals surface area contributed by atoms with Crippen molar-refractivity contribution in [3.8, 4) is 6.07 Å². The number of nitrogens with zero attached hydrogens (tertiary/aromatic N) is 4. The average Bonchev–Trinajstić information content (AvgIpc) is 3.49. The highest BCUT2D eigenvalue weighted by Crippen LogP contribution is 2.34. The average molecular weight is 493 g/mol. The van der Waals surface area contributed by atoms with Crippen LogP contribution in [-0.4, -0.2) is 58.0 Å². The summed E-state index contributed by atoms with van der Waals surface area (Å²) in [4.78, 5) is 23.5. The number of nitrogens with one attached hydrogen (secondary N) is 1. The maximum atomic E-state index is 13.7. The van der Waals surface area contributed by atoms with Crippen molar-refractivity contribution >= 4 is 16.7 Å². The van der Waals surface area contributed by atoms with Crippen LogP contribution >= 0.6 is 0 Å². The maximum Gasteiger partial charge on any atom is 0.254 e. The van der Waals surface area contributed by atoms with E-state index in [4.69, 9.17) is 0 Å². The molecule has 1 unspecified atom stereocenters. The Morgan fingerprint density at radius 2 is 1.84 bits per heavy atom. The first-order chi connectivity index (χ1) is 18.1. The summed E-state index contributed by atoms with van der Waals surface area (Å²) >= 11 is 0. The molecule has 6 heteroatoms. The van der Waals surface area contributed by atoms with Crippen LogP contribution in [0.15, 0.2) is 79.3 Å². The Bertz CT molecular complexity index is 1370. The largest absolute Gasteiger partial charge is 0.344 e. The van der Waals surface area contributed by atoms with Crippen LogP contribution in [0.3, 0.4) is 0 Å². The number of piperazine rings is 1. The molecule has 37 heavy (non-hydrogen) atoms. The van der Waals surface area contributed by atoms with Gasteiger partial charge in [0.15, 0.2) is 0 Å². The fraction of sp³-hybridized carbons (Fsp3) is 0.323. The lowest BCUT2D eigenvalue weighted by molar-refractivity contribution is -0.960. The van der Waals surface area contributed by atoms with Gasteiger partial charge in [-0.2, -0.15) is 5.26 Å². The van der Waals surface area contributed by atoms with E-state index < -0.39 is 0 Å². The molecule has 0 bridgehead atoms. The lowest BCUT2D eigenvalue weighted by Crippen LogP contribution is -2.62. The predicted octanol–water partition coefficient (Wildman–Crippen LogP) is 5.49.